The molecular weight excluding hydrogens is 336 g/mol. The molecule has 23 heavy (non-hydrogen) atoms. The minimum Gasteiger partial charge on any atom is -0.457 e. The Hall–Kier alpha value is -1.60. The fourth-order valence-electron chi connectivity index (χ4n) is 1.86. The third kappa shape index (κ3) is 5.51. The van der Waals surface area contributed by atoms with E-state index in [4.69, 9.17) is 22.1 Å². The molecule has 0 aromatic heterocycles. The number of halogens is 1. The SMILES string of the molecule is CC(N)CCNS(=O)(=O)c1ccc(Oc2cccc(Cl)c2)cc1. The van der Waals surface area contributed by atoms with Crippen LogP contribution in [0.2, 0.25) is 5.02 Å². The van der Waals surface area contributed by atoms with Crippen molar-refractivity contribution in [1.29, 1.82) is 0 Å². The average molecular weight is 355 g/mol. The van der Waals surface area contributed by atoms with Crippen molar-refractivity contribution in [3.8, 4) is 11.5 Å². The van der Waals surface area contributed by atoms with Gasteiger partial charge >= 0.3 is 0 Å². The maximum atomic E-state index is 12.1. The third-order valence-electron chi connectivity index (χ3n) is 3.06. The van der Waals surface area contributed by atoms with Gasteiger partial charge in [-0.05, 0) is 55.8 Å². The van der Waals surface area contributed by atoms with Crippen LogP contribution in [0.5, 0.6) is 11.5 Å². The van der Waals surface area contributed by atoms with Gasteiger partial charge in [0.25, 0.3) is 0 Å². The molecule has 1 unspecified atom stereocenters. The number of hydrogen-bond donors (Lipinski definition) is 2. The molecule has 0 aliphatic rings. The van der Waals surface area contributed by atoms with Crippen molar-refractivity contribution >= 4 is 21.6 Å². The van der Waals surface area contributed by atoms with Crippen molar-refractivity contribution < 1.29 is 13.2 Å². The Morgan fingerprint density at radius 3 is 2.48 bits per heavy atom. The van der Waals surface area contributed by atoms with Gasteiger partial charge in [0.05, 0.1) is 4.90 Å². The molecule has 0 saturated carbocycles. The summed E-state index contributed by atoms with van der Waals surface area (Å²) in [4.78, 5) is 0.181. The summed E-state index contributed by atoms with van der Waals surface area (Å²) in [6.07, 6.45) is 0.579. The topological polar surface area (TPSA) is 81.4 Å². The van der Waals surface area contributed by atoms with E-state index in [1.807, 2.05) is 6.92 Å². The van der Waals surface area contributed by atoms with Crippen molar-refractivity contribution in [3.05, 3.63) is 53.6 Å². The Balaban J connectivity index is 2.04. The van der Waals surface area contributed by atoms with Crippen LogP contribution in [0, 0.1) is 0 Å². The lowest BCUT2D eigenvalue weighted by Gasteiger charge is -2.10. The van der Waals surface area contributed by atoms with E-state index in [-0.39, 0.29) is 10.9 Å². The summed E-state index contributed by atoms with van der Waals surface area (Å²) in [7, 11) is -3.53. The molecule has 5 nitrogen and oxygen atoms in total. The molecule has 0 heterocycles. The molecule has 0 amide bonds. The zero-order chi connectivity index (χ0) is 16.9. The van der Waals surface area contributed by atoms with Gasteiger partial charge in [0.15, 0.2) is 0 Å². The Kier molecular flexibility index (Phi) is 6.01. The van der Waals surface area contributed by atoms with Crippen LogP contribution in [0.4, 0.5) is 0 Å². The Morgan fingerprint density at radius 2 is 1.87 bits per heavy atom. The molecule has 2 aromatic rings. The third-order valence-corrected chi connectivity index (χ3v) is 4.77. The summed E-state index contributed by atoms with van der Waals surface area (Å²) in [6.45, 7) is 2.14. The minimum absolute atomic E-state index is 0.0498. The van der Waals surface area contributed by atoms with Crippen LogP contribution in [-0.4, -0.2) is 21.0 Å². The van der Waals surface area contributed by atoms with E-state index >= 15 is 0 Å². The standard InChI is InChI=1S/C16H19ClN2O3S/c1-12(18)9-10-19-23(20,21)16-7-5-14(6-8-16)22-15-4-2-3-13(17)11-15/h2-8,11-12,19H,9-10,18H2,1H3. The van der Waals surface area contributed by atoms with Gasteiger partial charge in [0, 0.05) is 17.6 Å². The van der Waals surface area contributed by atoms with Crippen LogP contribution in [0.1, 0.15) is 13.3 Å². The molecule has 0 fully saturated rings. The highest BCUT2D eigenvalue weighted by molar-refractivity contribution is 7.89. The largest absolute Gasteiger partial charge is 0.457 e. The fourth-order valence-corrected chi connectivity index (χ4v) is 3.09. The predicted octanol–water partition coefficient (Wildman–Crippen LogP) is 3.15. The molecule has 124 valence electrons. The van der Waals surface area contributed by atoms with E-state index in [1.54, 1.807) is 36.4 Å². The van der Waals surface area contributed by atoms with Crippen molar-refractivity contribution in [2.75, 3.05) is 6.54 Å². The van der Waals surface area contributed by atoms with Crippen molar-refractivity contribution in [2.45, 2.75) is 24.3 Å². The molecule has 2 aromatic carbocycles. The summed E-state index contributed by atoms with van der Waals surface area (Å²) in [5.74, 6) is 1.12. The second-order valence-electron chi connectivity index (χ2n) is 5.19. The predicted molar refractivity (Wildman–Crippen MR) is 91.4 cm³/mol. The number of nitrogens with one attached hydrogen (secondary N) is 1. The molecule has 0 radical (unpaired) electrons. The van der Waals surface area contributed by atoms with Gasteiger partial charge in [-0.25, -0.2) is 13.1 Å². The van der Waals surface area contributed by atoms with E-state index in [2.05, 4.69) is 4.72 Å². The average Bonchev–Trinajstić information content (AvgIpc) is 2.47. The molecular formula is C16H19ClN2O3S. The smallest absolute Gasteiger partial charge is 0.240 e. The summed E-state index contributed by atoms with van der Waals surface area (Å²) in [5, 5.41) is 0.569. The van der Waals surface area contributed by atoms with Gasteiger partial charge in [-0.15, -0.1) is 0 Å². The fraction of sp³-hybridized carbons (Fsp3) is 0.250. The Bertz CT molecular complexity index is 746. The highest BCUT2D eigenvalue weighted by atomic mass is 35.5. The first-order valence-corrected chi connectivity index (χ1v) is 9.02. The summed E-state index contributed by atoms with van der Waals surface area (Å²) in [5.41, 5.74) is 5.60. The van der Waals surface area contributed by atoms with E-state index in [0.29, 0.717) is 29.5 Å². The molecule has 0 saturated heterocycles. The van der Waals surface area contributed by atoms with Crippen molar-refractivity contribution in [2.24, 2.45) is 5.73 Å². The van der Waals surface area contributed by atoms with Crippen LogP contribution in [0.25, 0.3) is 0 Å². The van der Waals surface area contributed by atoms with Crippen LogP contribution in [0.3, 0.4) is 0 Å². The second kappa shape index (κ2) is 7.79. The summed E-state index contributed by atoms with van der Waals surface area (Å²) in [6, 6.07) is 13.1. The Labute approximate surface area is 141 Å². The van der Waals surface area contributed by atoms with Crippen LogP contribution < -0.4 is 15.2 Å². The van der Waals surface area contributed by atoms with Crippen molar-refractivity contribution in [3.63, 3.8) is 0 Å². The van der Waals surface area contributed by atoms with Crippen LogP contribution >= 0.6 is 11.6 Å². The number of hydrogen-bond acceptors (Lipinski definition) is 4. The van der Waals surface area contributed by atoms with Gasteiger partial charge in [0.1, 0.15) is 11.5 Å². The van der Waals surface area contributed by atoms with E-state index in [0.717, 1.165) is 0 Å². The molecule has 0 aliphatic carbocycles. The molecule has 0 bridgehead atoms. The highest BCUT2D eigenvalue weighted by Crippen LogP contribution is 2.25. The van der Waals surface area contributed by atoms with E-state index < -0.39 is 10.0 Å². The number of nitrogens with two attached hydrogens (primary N) is 1. The molecule has 2 rings (SSSR count). The van der Waals surface area contributed by atoms with Gasteiger partial charge in [-0.2, -0.15) is 0 Å². The van der Waals surface area contributed by atoms with Gasteiger partial charge in [-0.1, -0.05) is 17.7 Å². The first-order valence-electron chi connectivity index (χ1n) is 7.15. The van der Waals surface area contributed by atoms with Crippen molar-refractivity contribution in [1.82, 2.24) is 4.72 Å². The quantitative estimate of drug-likeness (QED) is 0.800. The second-order valence-corrected chi connectivity index (χ2v) is 7.40. The summed E-state index contributed by atoms with van der Waals surface area (Å²) >= 11 is 5.89. The summed E-state index contributed by atoms with van der Waals surface area (Å²) < 4.78 is 32.4. The zero-order valence-electron chi connectivity index (χ0n) is 12.7. The maximum absolute atomic E-state index is 12.1. The minimum atomic E-state index is -3.53. The lowest BCUT2D eigenvalue weighted by molar-refractivity contribution is 0.482. The lowest BCUT2D eigenvalue weighted by atomic mass is 10.3. The first kappa shape index (κ1) is 17.7. The number of benzene rings is 2. The normalized spacial score (nSPS) is 12.8. The zero-order valence-corrected chi connectivity index (χ0v) is 14.3. The molecule has 0 spiro atoms. The van der Waals surface area contributed by atoms with Gasteiger partial charge in [0.2, 0.25) is 10.0 Å². The highest BCUT2D eigenvalue weighted by Gasteiger charge is 2.13. The number of ether oxygens (including phenoxy) is 1. The molecule has 0 aliphatic heterocycles. The first-order chi connectivity index (χ1) is 10.9. The number of rotatable bonds is 7. The maximum Gasteiger partial charge on any atom is 0.240 e. The van der Waals surface area contributed by atoms with E-state index in [9.17, 15) is 8.42 Å². The van der Waals surface area contributed by atoms with Crippen LogP contribution in [0.15, 0.2) is 53.4 Å². The van der Waals surface area contributed by atoms with Gasteiger partial charge in [-0.3, -0.25) is 0 Å². The lowest BCUT2D eigenvalue weighted by Crippen LogP contribution is -2.29. The van der Waals surface area contributed by atoms with E-state index in [1.165, 1.54) is 12.1 Å². The Morgan fingerprint density at radius 1 is 1.17 bits per heavy atom. The van der Waals surface area contributed by atoms with Gasteiger partial charge < -0.3 is 10.5 Å². The molecule has 1 atom stereocenters. The monoisotopic (exact) mass is 354 g/mol. The molecule has 3 N–H and O–H groups in total. The van der Waals surface area contributed by atoms with Crippen LogP contribution in [-0.2, 0) is 10.0 Å². The number of sulfonamides is 1. The molecule has 7 heteroatoms.